The average Bonchev–Trinajstić information content (AvgIpc) is 2.53. The molecule has 6 heteroatoms. The summed E-state index contributed by atoms with van der Waals surface area (Å²) in [6, 6.07) is 0. The summed E-state index contributed by atoms with van der Waals surface area (Å²) in [6.45, 7) is 3.82. The number of fused-ring (bicyclic) bond motifs is 1. The summed E-state index contributed by atoms with van der Waals surface area (Å²) < 4.78 is 5.56. The topological polar surface area (TPSA) is 67.4 Å². The van der Waals surface area contributed by atoms with Crippen molar-refractivity contribution in [3.8, 4) is 0 Å². The van der Waals surface area contributed by atoms with E-state index in [1.807, 2.05) is 6.92 Å². The molecule has 21 heavy (non-hydrogen) atoms. The van der Waals surface area contributed by atoms with Crippen LogP contribution in [0.4, 0.5) is 5.82 Å². The highest BCUT2D eigenvalue weighted by Crippen LogP contribution is 2.29. The van der Waals surface area contributed by atoms with Gasteiger partial charge in [0.25, 0.3) is 5.91 Å². The SMILES string of the molecule is CNC(=O)C1CN(c2nc(C)nc3c2CCCC3)CCO1. The number of morpholine rings is 1. The number of anilines is 1. The minimum atomic E-state index is -0.418. The molecule has 1 atom stereocenters. The second kappa shape index (κ2) is 5.97. The molecule has 114 valence electrons. The number of likely N-dealkylation sites (N-methyl/N-ethyl adjacent to an activating group) is 1. The fourth-order valence-electron chi connectivity index (χ4n) is 3.12. The molecule has 1 amide bonds. The maximum atomic E-state index is 11.8. The molecule has 1 saturated heterocycles. The van der Waals surface area contributed by atoms with Crippen molar-refractivity contribution in [3.63, 3.8) is 0 Å². The van der Waals surface area contributed by atoms with Gasteiger partial charge in [0, 0.05) is 24.8 Å². The summed E-state index contributed by atoms with van der Waals surface area (Å²) in [4.78, 5) is 23.2. The van der Waals surface area contributed by atoms with E-state index in [1.165, 1.54) is 24.1 Å². The smallest absolute Gasteiger partial charge is 0.250 e. The second-order valence-corrected chi connectivity index (χ2v) is 5.65. The molecule has 3 rings (SSSR count). The molecule has 1 fully saturated rings. The largest absolute Gasteiger partial charge is 0.365 e. The van der Waals surface area contributed by atoms with Crippen molar-refractivity contribution in [1.29, 1.82) is 0 Å². The fraction of sp³-hybridized carbons (Fsp3) is 0.667. The highest BCUT2D eigenvalue weighted by atomic mass is 16.5. The van der Waals surface area contributed by atoms with E-state index in [1.54, 1.807) is 7.05 Å². The van der Waals surface area contributed by atoms with Crippen molar-refractivity contribution in [2.45, 2.75) is 38.7 Å². The van der Waals surface area contributed by atoms with Crippen molar-refractivity contribution < 1.29 is 9.53 Å². The zero-order chi connectivity index (χ0) is 14.8. The van der Waals surface area contributed by atoms with Crippen molar-refractivity contribution in [3.05, 3.63) is 17.1 Å². The summed E-state index contributed by atoms with van der Waals surface area (Å²) in [7, 11) is 1.64. The van der Waals surface area contributed by atoms with Gasteiger partial charge in [0.15, 0.2) is 6.10 Å². The van der Waals surface area contributed by atoms with Crippen LogP contribution in [-0.4, -0.2) is 48.7 Å². The molecule has 0 aromatic carbocycles. The normalized spacial score (nSPS) is 21.8. The number of amides is 1. The van der Waals surface area contributed by atoms with Gasteiger partial charge >= 0.3 is 0 Å². The van der Waals surface area contributed by atoms with E-state index in [0.29, 0.717) is 13.2 Å². The Morgan fingerprint density at radius 3 is 2.95 bits per heavy atom. The number of hydrogen-bond acceptors (Lipinski definition) is 5. The minimum absolute atomic E-state index is 0.0701. The number of nitrogens with one attached hydrogen (secondary N) is 1. The third-order valence-electron chi connectivity index (χ3n) is 4.18. The number of aryl methyl sites for hydroxylation is 2. The molecule has 1 aliphatic carbocycles. The van der Waals surface area contributed by atoms with Crippen LogP contribution in [0, 0.1) is 6.92 Å². The Kier molecular flexibility index (Phi) is 4.05. The Balaban J connectivity index is 1.89. The zero-order valence-electron chi connectivity index (χ0n) is 12.7. The standard InChI is InChI=1S/C15H22N4O2/c1-10-17-12-6-4-3-5-11(12)14(18-10)19-7-8-21-13(9-19)15(20)16-2/h13H,3-9H2,1-2H3,(H,16,20). The van der Waals surface area contributed by atoms with Crippen LogP contribution in [0.2, 0.25) is 0 Å². The lowest BCUT2D eigenvalue weighted by Crippen LogP contribution is -2.50. The molecule has 6 nitrogen and oxygen atoms in total. The van der Waals surface area contributed by atoms with Crippen LogP contribution in [-0.2, 0) is 22.4 Å². The summed E-state index contributed by atoms with van der Waals surface area (Å²) >= 11 is 0. The molecule has 1 aromatic heterocycles. The molecule has 1 N–H and O–H groups in total. The van der Waals surface area contributed by atoms with Crippen LogP contribution in [0.15, 0.2) is 0 Å². The summed E-state index contributed by atoms with van der Waals surface area (Å²) in [5.74, 6) is 1.75. The molecular formula is C15H22N4O2. The van der Waals surface area contributed by atoms with Crippen molar-refractivity contribution >= 4 is 11.7 Å². The molecule has 0 spiro atoms. The molecule has 1 unspecified atom stereocenters. The van der Waals surface area contributed by atoms with Crippen molar-refractivity contribution in [2.24, 2.45) is 0 Å². The first kappa shape index (κ1) is 14.3. The predicted octanol–water partition coefficient (Wildman–Crippen LogP) is 0.615. The van der Waals surface area contributed by atoms with E-state index in [0.717, 1.165) is 31.0 Å². The molecule has 1 aromatic rings. The molecular weight excluding hydrogens is 268 g/mol. The molecule has 0 saturated carbocycles. The Labute approximate surface area is 124 Å². The van der Waals surface area contributed by atoms with Gasteiger partial charge in [-0.15, -0.1) is 0 Å². The first-order chi connectivity index (χ1) is 10.2. The van der Waals surface area contributed by atoms with Crippen LogP contribution < -0.4 is 10.2 Å². The van der Waals surface area contributed by atoms with Crippen LogP contribution in [0.3, 0.4) is 0 Å². The van der Waals surface area contributed by atoms with E-state index in [-0.39, 0.29) is 5.91 Å². The lowest BCUT2D eigenvalue weighted by molar-refractivity contribution is -0.132. The number of carbonyl (C=O) groups excluding carboxylic acids is 1. The third kappa shape index (κ3) is 2.85. The maximum Gasteiger partial charge on any atom is 0.250 e. The Bertz CT molecular complexity index is 547. The van der Waals surface area contributed by atoms with Crippen molar-refractivity contribution in [1.82, 2.24) is 15.3 Å². The van der Waals surface area contributed by atoms with Gasteiger partial charge in [-0.05, 0) is 32.6 Å². The van der Waals surface area contributed by atoms with E-state index in [2.05, 4.69) is 20.2 Å². The third-order valence-corrected chi connectivity index (χ3v) is 4.18. The zero-order valence-corrected chi connectivity index (χ0v) is 12.7. The molecule has 2 heterocycles. The quantitative estimate of drug-likeness (QED) is 0.864. The number of rotatable bonds is 2. The number of hydrogen-bond donors (Lipinski definition) is 1. The Hall–Kier alpha value is -1.69. The van der Waals surface area contributed by atoms with Crippen LogP contribution in [0.25, 0.3) is 0 Å². The van der Waals surface area contributed by atoms with E-state index < -0.39 is 6.10 Å². The van der Waals surface area contributed by atoms with Crippen LogP contribution in [0.1, 0.15) is 29.9 Å². The summed E-state index contributed by atoms with van der Waals surface area (Å²) in [5.41, 5.74) is 2.45. The lowest BCUT2D eigenvalue weighted by Gasteiger charge is -2.35. The van der Waals surface area contributed by atoms with E-state index in [4.69, 9.17) is 4.74 Å². The van der Waals surface area contributed by atoms with Gasteiger partial charge in [-0.3, -0.25) is 4.79 Å². The second-order valence-electron chi connectivity index (χ2n) is 5.65. The van der Waals surface area contributed by atoms with E-state index in [9.17, 15) is 4.79 Å². The first-order valence-electron chi connectivity index (χ1n) is 7.63. The molecule has 2 aliphatic rings. The summed E-state index contributed by atoms with van der Waals surface area (Å²) in [5, 5.41) is 2.66. The van der Waals surface area contributed by atoms with E-state index >= 15 is 0 Å². The predicted molar refractivity (Wildman–Crippen MR) is 79.4 cm³/mol. The minimum Gasteiger partial charge on any atom is -0.365 e. The van der Waals surface area contributed by atoms with Gasteiger partial charge in [-0.25, -0.2) is 9.97 Å². The van der Waals surface area contributed by atoms with Gasteiger partial charge in [0.2, 0.25) is 0 Å². The highest BCUT2D eigenvalue weighted by Gasteiger charge is 2.29. The fourth-order valence-corrected chi connectivity index (χ4v) is 3.12. The number of aromatic nitrogens is 2. The molecule has 0 radical (unpaired) electrons. The number of nitrogens with zero attached hydrogens (tertiary/aromatic N) is 3. The van der Waals surface area contributed by atoms with Crippen LogP contribution in [0.5, 0.6) is 0 Å². The van der Waals surface area contributed by atoms with Gasteiger partial charge in [-0.2, -0.15) is 0 Å². The van der Waals surface area contributed by atoms with Gasteiger partial charge in [-0.1, -0.05) is 0 Å². The Morgan fingerprint density at radius 1 is 1.33 bits per heavy atom. The monoisotopic (exact) mass is 290 g/mol. The average molecular weight is 290 g/mol. The van der Waals surface area contributed by atoms with Gasteiger partial charge in [0.1, 0.15) is 11.6 Å². The molecule has 1 aliphatic heterocycles. The number of ether oxygens (including phenoxy) is 1. The van der Waals surface area contributed by atoms with Crippen LogP contribution >= 0.6 is 0 Å². The lowest BCUT2D eigenvalue weighted by atomic mass is 9.96. The maximum absolute atomic E-state index is 11.8. The van der Waals surface area contributed by atoms with Crippen molar-refractivity contribution in [2.75, 3.05) is 31.6 Å². The van der Waals surface area contributed by atoms with Gasteiger partial charge < -0.3 is 15.0 Å². The molecule has 0 bridgehead atoms. The first-order valence-corrected chi connectivity index (χ1v) is 7.63. The number of carbonyl (C=O) groups is 1. The Morgan fingerprint density at radius 2 is 2.14 bits per heavy atom. The van der Waals surface area contributed by atoms with Gasteiger partial charge in [0.05, 0.1) is 13.2 Å². The summed E-state index contributed by atoms with van der Waals surface area (Å²) in [6.07, 6.45) is 4.04. The highest BCUT2D eigenvalue weighted by molar-refractivity contribution is 5.81.